The molecule has 0 aliphatic heterocycles. The minimum absolute atomic E-state index is 0.115. The molecule has 3 aromatic carbocycles. The predicted molar refractivity (Wildman–Crippen MR) is 108 cm³/mol. The van der Waals surface area contributed by atoms with Crippen molar-refractivity contribution in [1.29, 1.82) is 0 Å². The van der Waals surface area contributed by atoms with Gasteiger partial charge < -0.3 is 5.32 Å². The molecule has 1 amide bonds. The summed E-state index contributed by atoms with van der Waals surface area (Å²) in [6, 6.07) is 18.9. The molecule has 0 aromatic heterocycles. The molecule has 0 bridgehead atoms. The molecule has 0 spiro atoms. The molecule has 0 saturated carbocycles. The first-order chi connectivity index (χ1) is 12.9. The Morgan fingerprint density at radius 3 is 2.15 bits per heavy atom. The lowest BCUT2D eigenvalue weighted by molar-refractivity contribution is 0.102. The van der Waals surface area contributed by atoms with E-state index >= 15 is 0 Å². The monoisotopic (exact) mass is 420 g/mol. The van der Waals surface area contributed by atoms with Gasteiger partial charge in [0.05, 0.1) is 26.9 Å². The summed E-state index contributed by atoms with van der Waals surface area (Å²) in [4.78, 5) is 12.7. The molecule has 0 unspecified atom stereocenters. The molecule has 138 valence electrons. The van der Waals surface area contributed by atoms with Crippen LogP contribution in [0, 0.1) is 0 Å². The second-order valence-electron chi connectivity index (χ2n) is 5.54. The number of sulfonamides is 1. The molecule has 0 fully saturated rings. The Bertz CT molecular complexity index is 1090. The third-order valence-corrected chi connectivity index (χ3v) is 5.59. The molecule has 0 atom stereocenters. The van der Waals surface area contributed by atoms with E-state index in [-0.39, 0.29) is 26.9 Å². The van der Waals surface area contributed by atoms with Crippen molar-refractivity contribution >= 4 is 50.5 Å². The second-order valence-corrected chi connectivity index (χ2v) is 8.07. The third-order valence-electron chi connectivity index (χ3n) is 3.65. The lowest BCUT2D eigenvalue weighted by Crippen LogP contribution is -2.17. The maximum Gasteiger partial charge on any atom is 0.261 e. The van der Waals surface area contributed by atoms with Crippen molar-refractivity contribution in [2.24, 2.45) is 0 Å². The smallest absolute Gasteiger partial charge is 0.261 e. The Morgan fingerprint density at radius 1 is 0.815 bits per heavy atom. The number of benzene rings is 3. The number of amides is 1. The van der Waals surface area contributed by atoms with Gasteiger partial charge in [0.15, 0.2) is 0 Å². The van der Waals surface area contributed by atoms with Crippen LogP contribution in [-0.2, 0) is 10.0 Å². The molecule has 0 heterocycles. The molecule has 3 aromatic rings. The number of hydrogen-bond donors (Lipinski definition) is 2. The van der Waals surface area contributed by atoms with E-state index < -0.39 is 15.9 Å². The van der Waals surface area contributed by atoms with Gasteiger partial charge in [-0.2, -0.15) is 0 Å². The molecule has 0 aliphatic rings. The van der Waals surface area contributed by atoms with Crippen LogP contribution in [-0.4, -0.2) is 14.3 Å². The van der Waals surface area contributed by atoms with E-state index in [1.54, 1.807) is 48.5 Å². The molecular weight excluding hydrogens is 407 g/mol. The number of para-hydroxylation sites is 2. The van der Waals surface area contributed by atoms with Gasteiger partial charge in [0.2, 0.25) is 0 Å². The molecule has 0 saturated heterocycles. The summed E-state index contributed by atoms with van der Waals surface area (Å²) >= 11 is 12.0. The van der Waals surface area contributed by atoms with Crippen molar-refractivity contribution in [2.45, 2.75) is 4.90 Å². The van der Waals surface area contributed by atoms with Crippen molar-refractivity contribution in [1.82, 2.24) is 0 Å². The van der Waals surface area contributed by atoms with Crippen LogP contribution >= 0.6 is 23.2 Å². The highest BCUT2D eigenvalue weighted by Crippen LogP contribution is 2.27. The zero-order chi connectivity index (χ0) is 19.4. The average Bonchev–Trinajstić information content (AvgIpc) is 2.66. The van der Waals surface area contributed by atoms with Crippen molar-refractivity contribution < 1.29 is 13.2 Å². The number of nitrogens with one attached hydrogen (secondary N) is 2. The molecule has 3 rings (SSSR count). The third kappa shape index (κ3) is 4.60. The van der Waals surface area contributed by atoms with Crippen LogP contribution in [0.5, 0.6) is 0 Å². The minimum Gasteiger partial charge on any atom is -0.320 e. The predicted octanol–water partition coefficient (Wildman–Crippen LogP) is 5.05. The van der Waals surface area contributed by atoms with Gasteiger partial charge in [-0.05, 0) is 42.5 Å². The number of anilines is 2. The molecule has 8 heteroatoms. The standard InChI is InChI=1S/C19H14Cl2N2O3S/c20-13-10-11-16(21)15(12-13)19(24)22-17-8-4-5-9-18(17)23-27(25,26)14-6-2-1-3-7-14/h1-12,23H,(H,22,24). The number of carbonyl (C=O) groups excluding carboxylic acids is 1. The maximum absolute atomic E-state index is 12.5. The van der Waals surface area contributed by atoms with Crippen molar-refractivity contribution in [3.05, 3.63) is 88.4 Å². The molecular formula is C19H14Cl2N2O3S. The van der Waals surface area contributed by atoms with Crippen LogP contribution < -0.4 is 10.0 Å². The van der Waals surface area contributed by atoms with Crippen LogP contribution in [0.4, 0.5) is 11.4 Å². The SMILES string of the molecule is O=C(Nc1ccccc1NS(=O)(=O)c1ccccc1)c1cc(Cl)ccc1Cl. The van der Waals surface area contributed by atoms with Crippen molar-refractivity contribution in [3.8, 4) is 0 Å². The number of hydrogen-bond acceptors (Lipinski definition) is 3. The quantitative estimate of drug-likeness (QED) is 0.606. The topological polar surface area (TPSA) is 75.3 Å². The van der Waals surface area contributed by atoms with Crippen molar-refractivity contribution in [2.75, 3.05) is 10.0 Å². The van der Waals surface area contributed by atoms with Crippen LogP contribution in [0.3, 0.4) is 0 Å². The van der Waals surface area contributed by atoms with E-state index in [9.17, 15) is 13.2 Å². The normalized spacial score (nSPS) is 11.0. The first-order valence-electron chi connectivity index (χ1n) is 7.80. The van der Waals surface area contributed by atoms with E-state index in [4.69, 9.17) is 23.2 Å². The van der Waals surface area contributed by atoms with E-state index in [0.29, 0.717) is 5.02 Å². The van der Waals surface area contributed by atoms with Gasteiger partial charge in [0.1, 0.15) is 0 Å². The minimum atomic E-state index is -3.80. The number of carbonyl (C=O) groups is 1. The van der Waals surface area contributed by atoms with Gasteiger partial charge in [-0.3, -0.25) is 9.52 Å². The van der Waals surface area contributed by atoms with Gasteiger partial charge in [0.25, 0.3) is 15.9 Å². The molecule has 27 heavy (non-hydrogen) atoms. The van der Waals surface area contributed by atoms with Crippen LogP contribution in [0.2, 0.25) is 10.0 Å². The molecule has 2 N–H and O–H groups in total. The Labute approximate surface area is 167 Å². The van der Waals surface area contributed by atoms with E-state index in [2.05, 4.69) is 10.0 Å². The Balaban J connectivity index is 1.88. The molecule has 5 nitrogen and oxygen atoms in total. The Hall–Kier alpha value is -2.54. The first-order valence-corrected chi connectivity index (χ1v) is 10.0. The zero-order valence-electron chi connectivity index (χ0n) is 13.8. The zero-order valence-corrected chi connectivity index (χ0v) is 16.1. The van der Waals surface area contributed by atoms with Crippen LogP contribution in [0.25, 0.3) is 0 Å². The summed E-state index contributed by atoms with van der Waals surface area (Å²) in [5.41, 5.74) is 0.704. The fourth-order valence-corrected chi connectivity index (χ4v) is 3.82. The van der Waals surface area contributed by atoms with Gasteiger partial charge in [-0.1, -0.05) is 53.5 Å². The highest BCUT2D eigenvalue weighted by molar-refractivity contribution is 7.92. The highest BCUT2D eigenvalue weighted by Gasteiger charge is 2.17. The Kier molecular flexibility index (Phi) is 5.70. The second kappa shape index (κ2) is 8.00. The fourth-order valence-electron chi connectivity index (χ4n) is 2.35. The summed E-state index contributed by atoms with van der Waals surface area (Å²) in [5.74, 6) is -0.506. The largest absolute Gasteiger partial charge is 0.320 e. The lowest BCUT2D eigenvalue weighted by Gasteiger charge is -2.14. The fraction of sp³-hybridized carbons (Fsp3) is 0. The average molecular weight is 421 g/mol. The summed E-state index contributed by atoms with van der Waals surface area (Å²) < 4.78 is 27.6. The summed E-state index contributed by atoms with van der Waals surface area (Å²) in [6.45, 7) is 0. The lowest BCUT2D eigenvalue weighted by atomic mass is 10.2. The van der Waals surface area contributed by atoms with Gasteiger partial charge >= 0.3 is 0 Å². The molecule has 0 radical (unpaired) electrons. The van der Waals surface area contributed by atoms with E-state index in [0.717, 1.165) is 0 Å². The highest BCUT2D eigenvalue weighted by atomic mass is 35.5. The van der Waals surface area contributed by atoms with Crippen LogP contribution in [0.1, 0.15) is 10.4 Å². The van der Waals surface area contributed by atoms with Gasteiger partial charge in [0, 0.05) is 5.02 Å². The molecule has 0 aliphatic carbocycles. The van der Waals surface area contributed by atoms with E-state index in [1.807, 2.05) is 0 Å². The summed E-state index contributed by atoms with van der Waals surface area (Å²) in [5, 5.41) is 3.26. The number of halogens is 2. The number of rotatable bonds is 5. The maximum atomic E-state index is 12.5. The van der Waals surface area contributed by atoms with Gasteiger partial charge in [-0.15, -0.1) is 0 Å². The van der Waals surface area contributed by atoms with Crippen LogP contribution in [0.15, 0.2) is 77.7 Å². The summed E-state index contributed by atoms with van der Waals surface area (Å²) in [6.07, 6.45) is 0. The van der Waals surface area contributed by atoms with E-state index in [1.165, 1.54) is 24.3 Å². The van der Waals surface area contributed by atoms with Crippen molar-refractivity contribution in [3.63, 3.8) is 0 Å². The van der Waals surface area contributed by atoms with Gasteiger partial charge in [-0.25, -0.2) is 8.42 Å². The Morgan fingerprint density at radius 2 is 1.44 bits per heavy atom. The first kappa shape index (κ1) is 19.2. The summed E-state index contributed by atoms with van der Waals surface area (Å²) in [7, 11) is -3.80.